The van der Waals surface area contributed by atoms with Crippen molar-refractivity contribution >= 4 is 4.92 Å². The van der Waals surface area contributed by atoms with Crippen LogP contribution in [0.1, 0.15) is 11.1 Å². The fraction of sp³-hybridized carbons (Fsp3) is 0.125. The molecule has 1 aromatic carbocycles. The van der Waals surface area contributed by atoms with Crippen molar-refractivity contribution in [2.75, 3.05) is 0 Å². The van der Waals surface area contributed by atoms with Crippen LogP contribution >= 0.6 is 0 Å². The van der Waals surface area contributed by atoms with Crippen molar-refractivity contribution in [2.24, 2.45) is 0 Å². The van der Waals surface area contributed by atoms with E-state index in [1.807, 2.05) is 0 Å². The van der Waals surface area contributed by atoms with E-state index in [0.29, 0.717) is 5.56 Å². The summed E-state index contributed by atoms with van der Waals surface area (Å²) in [5.74, 6) is 0. The zero-order valence-electron chi connectivity index (χ0n) is 5.87. The zero-order chi connectivity index (χ0) is 9.19. The molecular formula is C8H5F3Fe. The second kappa shape index (κ2) is 3.42. The van der Waals surface area contributed by atoms with Crippen molar-refractivity contribution in [3.63, 3.8) is 0 Å². The molecule has 1 rings (SSSR count). The summed E-state index contributed by atoms with van der Waals surface area (Å²) in [5.41, 5.74) is 0.0519. The Balaban J connectivity index is 3.00. The molecule has 4 heteroatoms. The van der Waals surface area contributed by atoms with Gasteiger partial charge < -0.3 is 0 Å². The summed E-state index contributed by atoms with van der Waals surface area (Å²) in [6, 6.07) is 4.85. The third kappa shape index (κ3) is 2.19. The van der Waals surface area contributed by atoms with Gasteiger partial charge in [0.15, 0.2) is 0 Å². The molecule has 0 amide bonds. The van der Waals surface area contributed by atoms with Gasteiger partial charge in [0.1, 0.15) is 0 Å². The molecule has 0 fully saturated rings. The second-order valence-electron chi connectivity index (χ2n) is 2.22. The van der Waals surface area contributed by atoms with E-state index in [1.165, 1.54) is 17.1 Å². The Hall–Kier alpha value is -0.601. The maximum absolute atomic E-state index is 12.0. The summed E-state index contributed by atoms with van der Waals surface area (Å²) < 4.78 is 36.0. The third-order valence-electron chi connectivity index (χ3n) is 1.36. The fourth-order valence-electron chi connectivity index (χ4n) is 0.740. The van der Waals surface area contributed by atoms with Crippen LogP contribution < -0.4 is 0 Å². The van der Waals surface area contributed by atoms with Crippen molar-refractivity contribution in [1.29, 1.82) is 0 Å². The van der Waals surface area contributed by atoms with Gasteiger partial charge in [0, 0.05) is 0 Å². The van der Waals surface area contributed by atoms with E-state index >= 15 is 0 Å². The molecule has 0 saturated heterocycles. The quantitative estimate of drug-likeness (QED) is 0.629. The molecule has 0 aliphatic carbocycles. The molecule has 0 nitrogen and oxygen atoms in total. The van der Waals surface area contributed by atoms with Crippen molar-refractivity contribution in [1.82, 2.24) is 0 Å². The number of hydrogen-bond acceptors (Lipinski definition) is 0. The first kappa shape index (κ1) is 9.49. The van der Waals surface area contributed by atoms with Crippen molar-refractivity contribution in [2.45, 2.75) is 6.18 Å². The first-order chi connectivity index (χ1) is 5.54. The van der Waals surface area contributed by atoms with Crippen LogP contribution in [0.3, 0.4) is 0 Å². The standard InChI is InChI=1S/C8H5F3.Fe/c1-6-2-4-7(5-3-6)8(9,10)11;/h1-5H;. The number of benzene rings is 1. The Labute approximate surface area is 75.8 Å². The van der Waals surface area contributed by atoms with E-state index in [4.69, 9.17) is 0 Å². The predicted molar refractivity (Wildman–Crippen MR) is 36.6 cm³/mol. The molecule has 0 aromatic heterocycles. The van der Waals surface area contributed by atoms with Crippen LogP contribution in [0.25, 0.3) is 0 Å². The number of hydrogen-bond donors (Lipinski definition) is 0. The number of halogens is 3. The van der Waals surface area contributed by atoms with Gasteiger partial charge in [-0.15, -0.1) is 0 Å². The molecule has 0 atom stereocenters. The summed E-state index contributed by atoms with van der Waals surface area (Å²) in [7, 11) is 0. The third-order valence-corrected chi connectivity index (χ3v) is 1.72. The molecule has 0 unspecified atom stereocenters. The summed E-state index contributed by atoms with van der Waals surface area (Å²) in [6.07, 6.45) is -4.25. The summed E-state index contributed by atoms with van der Waals surface area (Å²) in [4.78, 5) is 1.50. The van der Waals surface area contributed by atoms with E-state index in [1.54, 1.807) is 0 Å². The molecule has 0 bridgehead atoms. The minimum atomic E-state index is -4.25. The van der Waals surface area contributed by atoms with Gasteiger partial charge in [0.25, 0.3) is 0 Å². The van der Waals surface area contributed by atoms with Crippen LogP contribution in [0, 0.1) is 0 Å². The zero-order valence-corrected chi connectivity index (χ0v) is 6.98. The maximum atomic E-state index is 12.0. The second-order valence-corrected chi connectivity index (χ2v) is 2.54. The molecule has 0 N–H and O–H groups in total. The summed E-state index contributed by atoms with van der Waals surface area (Å²) in [6.45, 7) is 0. The van der Waals surface area contributed by atoms with E-state index in [-0.39, 0.29) is 0 Å². The topological polar surface area (TPSA) is 0 Å². The molecule has 0 heterocycles. The first-order valence-corrected chi connectivity index (χ1v) is 3.77. The average Bonchev–Trinajstić information content (AvgIpc) is 2.03. The number of rotatable bonds is 1. The van der Waals surface area contributed by atoms with Gasteiger partial charge in [-0.05, 0) is 0 Å². The van der Waals surface area contributed by atoms with Crippen LogP contribution in [0.5, 0.6) is 0 Å². The Morgan fingerprint density at radius 1 is 1.08 bits per heavy atom. The predicted octanol–water partition coefficient (Wildman–Crippen LogP) is 2.40. The molecule has 0 aliphatic rings. The van der Waals surface area contributed by atoms with Gasteiger partial charge in [-0.3, -0.25) is 0 Å². The fourth-order valence-corrected chi connectivity index (χ4v) is 0.953. The van der Waals surface area contributed by atoms with Crippen molar-refractivity contribution < 1.29 is 28.7 Å². The van der Waals surface area contributed by atoms with Crippen LogP contribution in [0.15, 0.2) is 24.3 Å². The van der Waals surface area contributed by atoms with Crippen LogP contribution in [-0.4, -0.2) is 4.92 Å². The molecule has 12 heavy (non-hydrogen) atoms. The Morgan fingerprint density at radius 2 is 1.58 bits per heavy atom. The number of alkyl halides is 3. The van der Waals surface area contributed by atoms with Gasteiger partial charge in [-0.2, -0.15) is 0 Å². The van der Waals surface area contributed by atoms with Crippen LogP contribution in [0.2, 0.25) is 0 Å². The van der Waals surface area contributed by atoms with E-state index in [9.17, 15) is 13.2 Å². The molecule has 66 valence electrons. The van der Waals surface area contributed by atoms with E-state index in [2.05, 4.69) is 15.6 Å². The molecule has 0 radical (unpaired) electrons. The molecule has 0 aliphatic heterocycles. The molecule has 0 saturated carbocycles. The Kier molecular flexibility index (Phi) is 2.70. The minimum absolute atomic E-state index is 0.631. The molecular weight excluding hydrogens is 209 g/mol. The summed E-state index contributed by atoms with van der Waals surface area (Å²) in [5, 5.41) is 0. The SMILES string of the molecule is FC(F)(F)c1ccc([CH]=[Fe])cc1. The van der Waals surface area contributed by atoms with Crippen LogP contribution in [-0.2, 0) is 21.8 Å². The van der Waals surface area contributed by atoms with Gasteiger partial charge >= 0.3 is 75.2 Å². The Bertz CT molecular complexity index is 273. The van der Waals surface area contributed by atoms with Gasteiger partial charge in [-0.25, -0.2) is 0 Å². The van der Waals surface area contributed by atoms with Gasteiger partial charge in [-0.1, -0.05) is 0 Å². The van der Waals surface area contributed by atoms with Gasteiger partial charge in [0.2, 0.25) is 0 Å². The summed E-state index contributed by atoms with van der Waals surface area (Å²) >= 11 is 3.44. The van der Waals surface area contributed by atoms with Gasteiger partial charge in [0.05, 0.1) is 0 Å². The average molecular weight is 214 g/mol. The normalized spacial score (nSPS) is 11.3. The first-order valence-electron chi connectivity index (χ1n) is 3.13. The van der Waals surface area contributed by atoms with Crippen molar-refractivity contribution in [3.05, 3.63) is 35.4 Å². The monoisotopic (exact) mass is 214 g/mol. The molecule has 1 aromatic rings. The molecule has 0 spiro atoms. The van der Waals surface area contributed by atoms with Crippen molar-refractivity contribution in [3.8, 4) is 0 Å². The Morgan fingerprint density at radius 3 is 1.92 bits per heavy atom. The van der Waals surface area contributed by atoms with E-state index < -0.39 is 11.7 Å². The van der Waals surface area contributed by atoms with E-state index in [0.717, 1.165) is 12.1 Å². The van der Waals surface area contributed by atoms with Crippen LogP contribution in [0.4, 0.5) is 13.2 Å².